The van der Waals surface area contributed by atoms with Gasteiger partial charge in [-0.1, -0.05) is 15.9 Å². The molecule has 1 atom stereocenters. The van der Waals surface area contributed by atoms with E-state index >= 15 is 0 Å². The van der Waals surface area contributed by atoms with Crippen molar-refractivity contribution in [3.63, 3.8) is 0 Å². The minimum absolute atomic E-state index is 0.156. The summed E-state index contributed by atoms with van der Waals surface area (Å²) in [6.45, 7) is 1.75. The molecule has 20 heavy (non-hydrogen) atoms. The van der Waals surface area contributed by atoms with Gasteiger partial charge in [0.25, 0.3) is 0 Å². The van der Waals surface area contributed by atoms with E-state index in [1.54, 1.807) is 19.1 Å². The molecule has 2 aromatic carbocycles. The number of benzene rings is 2. The molecule has 0 aliphatic rings. The lowest BCUT2D eigenvalue weighted by molar-refractivity contribution is -0.116. The topological polar surface area (TPSA) is 41.1 Å². The van der Waals surface area contributed by atoms with Gasteiger partial charge in [-0.05, 0) is 55.5 Å². The normalized spacial score (nSPS) is 11.8. The van der Waals surface area contributed by atoms with E-state index in [4.69, 9.17) is 0 Å². The van der Waals surface area contributed by atoms with E-state index in [2.05, 4.69) is 26.6 Å². The fourth-order valence-corrected chi connectivity index (χ4v) is 1.91. The molecule has 0 saturated carbocycles. The first-order chi connectivity index (χ1) is 9.54. The lowest BCUT2D eigenvalue weighted by atomic mass is 10.2. The van der Waals surface area contributed by atoms with Crippen LogP contribution in [0.3, 0.4) is 0 Å². The van der Waals surface area contributed by atoms with Crippen LogP contribution in [0.25, 0.3) is 0 Å². The van der Waals surface area contributed by atoms with Gasteiger partial charge in [-0.25, -0.2) is 4.39 Å². The van der Waals surface area contributed by atoms with Gasteiger partial charge in [0, 0.05) is 15.8 Å². The molecule has 5 heteroatoms. The SMILES string of the molecule is CC(Nc1ccc(F)cc1)C(=O)Nc1ccc(Br)cc1. The third-order valence-electron chi connectivity index (χ3n) is 2.73. The number of halogens is 2. The van der Waals surface area contributed by atoms with Crippen LogP contribution in [0, 0.1) is 5.82 Å². The van der Waals surface area contributed by atoms with Gasteiger partial charge >= 0.3 is 0 Å². The van der Waals surface area contributed by atoms with Crippen LogP contribution in [-0.4, -0.2) is 11.9 Å². The van der Waals surface area contributed by atoms with Gasteiger partial charge in [0.15, 0.2) is 0 Å². The molecular weight excluding hydrogens is 323 g/mol. The summed E-state index contributed by atoms with van der Waals surface area (Å²) >= 11 is 3.33. The molecule has 0 spiro atoms. The van der Waals surface area contributed by atoms with Crippen LogP contribution in [-0.2, 0) is 4.79 Å². The highest BCUT2D eigenvalue weighted by Crippen LogP contribution is 2.15. The Bertz CT molecular complexity index is 584. The largest absolute Gasteiger partial charge is 0.374 e. The number of anilines is 2. The third kappa shape index (κ3) is 4.06. The highest BCUT2D eigenvalue weighted by atomic mass is 79.9. The van der Waals surface area contributed by atoms with Crippen molar-refractivity contribution in [1.29, 1.82) is 0 Å². The van der Waals surface area contributed by atoms with Crippen molar-refractivity contribution in [1.82, 2.24) is 0 Å². The lowest BCUT2D eigenvalue weighted by Gasteiger charge is -2.15. The van der Waals surface area contributed by atoms with Gasteiger partial charge in [-0.15, -0.1) is 0 Å². The molecule has 2 rings (SSSR count). The van der Waals surface area contributed by atoms with Crippen molar-refractivity contribution < 1.29 is 9.18 Å². The predicted octanol–water partition coefficient (Wildman–Crippen LogP) is 4.03. The molecule has 2 N–H and O–H groups in total. The molecule has 0 bridgehead atoms. The number of amides is 1. The molecule has 0 aliphatic carbocycles. The van der Waals surface area contributed by atoms with Crippen molar-refractivity contribution in [3.8, 4) is 0 Å². The van der Waals surface area contributed by atoms with Crippen LogP contribution >= 0.6 is 15.9 Å². The molecule has 0 heterocycles. The van der Waals surface area contributed by atoms with E-state index in [9.17, 15) is 9.18 Å². The Balaban J connectivity index is 1.94. The minimum atomic E-state index is -0.427. The second-order valence-electron chi connectivity index (χ2n) is 4.37. The number of nitrogens with one attached hydrogen (secondary N) is 2. The number of rotatable bonds is 4. The maximum Gasteiger partial charge on any atom is 0.246 e. The smallest absolute Gasteiger partial charge is 0.246 e. The van der Waals surface area contributed by atoms with E-state index in [0.717, 1.165) is 10.2 Å². The highest BCUT2D eigenvalue weighted by molar-refractivity contribution is 9.10. The van der Waals surface area contributed by atoms with Crippen molar-refractivity contribution in [3.05, 3.63) is 58.8 Å². The first-order valence-corrected chi connectivity index (χ1v) is 6.92. The fourth-order valence-electron chi connectivity index (χ4n) is 1.65. The molecule has 1 amide bonds. The zero-order chi connectivity index (χ0) is 14.5. The quantitative estimate of drug-likeness (QED) is 0.885. The summed E-state index contributed by atoms with van der Waals surface area (Å²) < 4.78 is 13.7. The molecule has 104 valence electrons. The van der Waals surface area contributed by atoms with Crippen molar-refractivity contribution in [2.45, 2.75) is 13.0 Å². The number of carbonyl (C=O) groups is 1. The first-order valence-electron chi connectivity index (χ1n) is 6.13. The van der Waals surface area contributed by atoms with Gasteiger partial charge in [0.1, 0.15) is 11.9 Å². The minimum Gasteiger partial charge on any atom is -0.374 e. The summed E-state index contributed by atoms with van der Waals surface area (Å²) in [5.74, 6) is -0.459. The third-order valence-corrected chi connectivity index (χ3v) is 3.26. The Morgan fingerprint density at radius 1 is 1.05 bits per heavy atom. The van der Waals surface area contributed by atoms with E-state index in [1.165, 1.54) is 12.1 Å². The summed E-state index contributed by atoms with van der Waals surface area (Å²) in [5.41, 5.74) is 1.43. The maximum absolute atomic E-state index is 12.8. The van der Waals surface area contributed by atoms with E-state index in [0.29, 0.717) is 5.69 Å². The number of carbonyl (C=O) groups excluding carboxylic acids is 1. The molecule has 2 aromatic rings. The Hall–Kier alpha value is -1.88. The molecule has 0 aliphatic heterocycles. The summed E-state index contributed by atoms with van der Waals surface area (Å²) in [5, 5.41) is 5.82. The van der Waals surface area contributed by atoms with Crippen molar-refractivity contribution >= 4 is 33.2 Å². The monoisotopic (exact) mass is 336 g/mol. The molecule has 1 unspecified atom stereocenters. The molecule has 0 saturated heterocycles. The molecule has 3 nitrogen and oxygen atoms in total. The fraction of sp³-hybridized carbons (Fsp3) is 0.133. The average molecular weight is 337 g/mol. The van der Waals surface area contributed by atoms with Gasteiger partial charge in [0.2, 0.25) is 5.91 Å². The van der Waals surface area contributed by atoms with Crippen LogP contribution in [0.5, 0.6) is 0 Å². The number of hydrogen-bond donors (Lipinski definition) is 2. The zero-order valence-electron chi connectivity index (χ0n) is 10.9. The van der Waals surface area contributed by atoms with Crippen LogP contribution in [0.2, 0.25) is 0 Å². The summed E-state index contributed by atoms with van der Waals surface area (Å²) in [7, 11) is 0. The van der Waals surface area contributed by atoms with Crippen LogP contribution in [0.15, 0.2) is 53.0 Å². The summed E-state index contributed by atoms with van der Waals surface area (Å²) in [4.78, 5) is 12.0. The zero-order valence-corrected chi connectivity index (χ0v) is 12.4. The van der Waals surface area contributed by atoms with E-state index in [-0.39, 0.29) is 11.7 Å². The van der Waals surface area contributed by atoms with Gasteiger partial charge in [0.05, 0.1) is 0 Å². The van der Waals surface area contributed by atoms with Crippen LogP contribution in [0.4, 0.5) is 15.8 Å². The van der Waals surface area contributed by atoms with Gasteiger partial charge in [-0.2, -0.15) is 0 Å². The molecule has 0 aromatic heterocycles. The second-order valence-corrected chi connectivity index (χ2v) is 5.28. The Morgan fingerprint density at radius 3 is 2.20 bits per heavy atom. The summed E-state index contributed by atoms with van der Waals surface area (Å²) in [6.07, 6.45) is 0. The summed E-state index contributed by atoms with van der Waals surface area (Å²) in [6, 6.07) is 12.8. The predicted molar refractivity (Wildman–Crippen MR) is 82.3 cm³/mol. The van der Waals surface area contributed by atoms with Gasteiger partial charge in [-0.3, -0.25) is 4.79 Å². The molecule has 0 radical (unpaired) electrons. The van der Waals surface area contributed by atoms with Crippen LogP contribution in [0.1, 0.15) is 6.92 Å². The van der Waals surface area contributed by atoms with Crippen LogP contribution < -0.4 is 10.6 Å². The molecular formula is C15H14BrFN2O. The highest BCUT2D eigenvalue weighted by Gasteiger charge is 2.12. The first kappa shape index (κ1) is 14.5. The Morgan fingerprint density at radius 2 is 1.60 bits per heavy atom. The molecule has 0 fully saturated rings. The van der Waals surface area contributed by atoms with Gasteiger partial charge < -0.3 is 10.6 Å². The maximum atomic E-state index is 12.8. The van der Waals surface area contributed by atoms with E-state index < -0.39 is 6.04 Å². The Labute approximate surface area is 125 Å². The number of hydrogen-bond acceptors (Lipinski definition) is 2. The van der Waals surface area contributed by atoms with Crippen molar-refractivity contribution in [2.24, 2.45) is 0 Å². The van der Waals surface area contributed by atoms with E-state index in [1.807, 2.05) is 24.3 Å². The Kier molecular flexibility index (Phi) is 4.74. The van der Waals surface area contributed by atoms with Crippen molar-refractivity contribution in [2.75, 3.05) is 10.6 Å². The second kappa shape index (κ2) is 6.52. The standard InChI is InChI=1S/C15H14BrFN2O/c1-10(18-13-8-4-12(17)5-9-13)15(20)19-14-6-2-11(16)3-7-14/h2-10,18H,1H3,(H,19,20). The lowest BCUT2D eigenvalue weighted by Crippen LogP contribution is -2.31. The average Bonchev–Trinajstić information content (AvgIpc) is 2.44.